The number of aromatic nitrogens is 2. The first-order chi connectivity index (χ1) is 16.7. The fourth-order valence-corrected chi connectivity index (χ4v) is 5.11. The van der Waals surface area contributed by atoms with Gasteiger partial charge in [0.05, 0.1) is 0 Å². The van der Waals surface area contributed by atoms with Crippen molar-refractivity contribution in [3.05, 3.63) is 83.0 Å². The Morgan fingerprint density at radius 1 is 0.824 bits per heavy atom. The van der Waals surface area contributed by atoms with E-state index in [2.05, 4.69) is 56.4 Å². The van der Waals surface area contributed by atoms with E-state index in [0.717, 1.165) is 62.0 Å². The van der Waals surface area contributed by atoms with E-state index >= 15 is 0 Å². The second-order valence-corrected chi connectivity index (χ2v) is 9.59. The number of rotatable bonds is 5. The van der Waals surface area contributed by atoms with Crippen LogP contribution in [0.3, 0.4) is 0 Å². The Hall–Kier alpha value is -3.12. The fraction of sp³-hybridized carbons (Fsp3) is 0.370. The van der Waals surface area contributed by atoms with Gasteiger partial charge in [-0.2, -0.15) is 0 Å². The van der Waals surface area contributed by atoms with Crippen LogP contribution in [0.15, 0.2) is 66.7 Å². The van der Waals surface area contributed by atoms with Crippen molar-refractivity contribution in [3.63, 3.8) is 0 Å². The highest BCUT2D eigenvalue weighted by molar-refractivity contribution is 6.30. The van der Waals surface area contributed by atoms with Crippen LogP contribution in [0, 0.1) is 5.92 Å². The van der Waals surface area contributed by atoms with Gasteiger partial charge in [0.25, 0.3) is 5.91 Å². The monoisotopic (exact) mass is 475 g/mol. The zero-order valence-electron chi connectivity index (χ0n) is 19.3. The zero-order valence-corrected chi connectivity index (χ0v) is 20.1. The molecule has 2 aliphatic heterocycles. The van der Waals surface area contributed by atoms with Gasteiger partial charge in [0.1, 0.15) is 0 Å². The number of piperazine rings is 1. The van der Waals surface area contributed by atoms with Gasteiger partial charge in [-0.3, -0.25) is 4.79 Å². The normalized spacial score (nSPS) is 17.1. The molecule has 5 rings (SSSR count). The van der Waals surface area contributed by atoms with Crippen LogP contribution >= 0.6 is 11.6 Å². The van der Waals surface area contributed by atoms with Gasteiger partial charge in [-0.15, -0.1) is 10.2 Å². The van der Waals surface area contributed by atoms with Gasteiger partial charge in [-0.05, 0) is 61.1 Å². The van der Waals surface area contributed by atoms with E-state index in [1.165, 1.54) is 5.56 Å². The highest BCUT2D eigenvalue weighted by Crippen LogP contribution is 2.25. The van der Waals surface area contributed by atoms with Crippen LogP contribution in [0.5, 0.6) is 0 Å². The molecule has 3 aromatic rings. The molecule has 0 unspecified atom stereocenters. The van der Waals surface area contributed by atoms with E-state index in [9.17, 15) is 4.79 Å². The van der Waals surface area contributed by atoms with Crippen LogP contribution in [-0.2, 0) is 6.42 Å². The Morgan fingerprint density at radius 2 is 1.59 bits per heavy atom. The van der Waals surface area contributed by atoms with Gasteiger partial charge >= 0.3 is 0 Å². The Balaban J connectivity index is 1.12. The average molecular weight is 476 g/mol. The first-order valence-electron chi connectivity index (χ1n) is 12.1. The molecule has 176 valence electrons. The molecule has 0 bridgehead atoms. The predicted octanol–water partition coefficient (Wildman–Crippen LogP) is 4.55. The maximum Gasteiger partial charge on any atom is 0.274 e. The lowest BCUT2D eigenvalue weighted by Crippen LogP contribution is -2.49. The summed E-state index contributed by atoms with van der Waals surface area (Å²) >= 11 is 6.12. The molecule has 0 radical (unpaired) electrons. The number of halogens is 1. The molecule has 6 nitrogen and oxygen atoms in total. The van der Waals surface area contributed by atoms with Crippen molar-refractivity contribution >= 4 is 29.0 Å². The number of amides is 1. The van der Waals surface area contributed by atoms with Crippen molar-refractivity contribution < 1.29 is 4.79 Å². The lowest BCUT2D eigenvalue weighted by atomic mass is 9.90. The Kier molecular flexibility index (Phi) is 6.95. The van der Waals surface area contributed by atoms with Gasteiger partial charge in [0.2, 0.25) is 0 Å². The molecule has 34 heavy (non-hydrogen) atoms. The van der Waals surface area contributed by atoms with Gasteiger partial charge in [0, 0.05) is 50.0 Å². The molecule has 2 aromatic carbocycles. The quantitative estimate of drug-likeness (QED) is 0.541. The lowest BCUT2D eigenvalue weighted by molar-refractivity contribution is 0.0739. The van der Waals surface area contributed by atoms with Crippen LogP contribution in [0.25, 0.3) is 0 Å². The van der Waals surface area contributed by atoms with Crippen molar-refractivity contribution in [3.8, 4) is 0 Å². The first kappa shape index (κ1) is 22.7. The number of benzene rings is 2. The smallest absolute Gasteiger partial charge is 0.274 e. The summed E-state index contributed by atoms with van der Waals surface area (Å²) in [6.07, 6.45) is 3.43. The Morgan fingerprint density at radius 3 is 2.26 bits per heavy atom. The predicted molar refractivity (Wildman–Crippen MR) is 137 cm³/mol. The van der Waals surface area contributed by atoms with Crippen molar-refractivity contribution in [2.75, 3.05) is 49.1 Å². The molecule has 7 heteroatoms. The summed E-state index contributed by atoms with van der Waals surface area (Å²) in [6.45, 7) is 4.81. The Labute approximate surface area is 206 Å². The average Bonchev–Trinajstić information content (AvgIpc) is 2.90. The number of hydrogen-bond donors (Lipinski definition) is 0. The molecular weight excluding hydrogens is 446 g/mol. The number of anilines is 2. The maximum atomic E-state index is 13.0. The summed E-state index contributed by atoms with van der Waals surface area (Å²) in [5.74, 6) is 1.52. The molecule has 0 saturated carbocycles. The maximum absolute atomic E-state index is 13.0. The van der Waals surface area contributed by atoms with Crippen LogP contribution in [0.4, 0.5) is 11.5 Å². The first-order valence-corrected chi connectivity index (χ1v) is 12.5. The van der Waals surface area contributed by atoms with Gasteiger partial charge in [-0.25, -0.2) is 0 Å². The molecule has 0 spiro atoms. The largest absolute Gasteiger partial charge is 0.368 e. The number of piperidine rings is 1. The minimum Gasteiger partial charge on any atom is -0.368 e. The molecule has 0 N–H and O–H groups in total. The SMILES string of the molecule is O=C(c1ccc(N2CCC(Cc3ccccc3)CC2)nn1)N1CCN(c2cccc(Cl)c2)CC1. The van der Waals surface area contributed by atoms with E-state index in [1.807, 2.05) is 35.2 Å². The van der Waals surface area contributed by atoms with Crippen LogP contribution in [-0.4, -0.2) is 60.3 Å². The third kappa shape index (κ3) is 5.33. The highest BCUT2D eigenvalue weighted by atomic mass is 35.5. The van der Waals surface area contributed by atoms with E-state index in [4.69, 9.17) is 11.6 Å². The second-order valence-electron chi connectivity index (χ2n) is 9.16. The van der Waals surface area contributed by atoms with E-state index in [-0.39, 0.29) is 5.91 Å². The summed E-state index contributed by atoms with van der Waals surface area (Å²) in [6, 6.07) is 22.3. The third-order valence-electron chi connectivity index (χ3n) is 6.92. The summed E-state index contributed by atoms with van der Waals surface area (Å²) < 4.78 is 0. The highest BCUT2D eigenvalue weighted by Gasteiger charge is 2.25. The lowest BCUT2D eigenvalue weighted by Gasteiger charge is -2.36. The van der Waals surface area contributed by atoms with Gasteiger partial charge in [-0.1, -0.05) is 48.0 Å². The number of carbonyl (C=O) groups is 1. The van der Waals surface area contributed by atoms with Crippen LogP contribution < -0.4 is 9.80 Å². The minimum absolute atomic E-state index is 0.0497. The summed E-state index contributed by atoms with van der Waals surface area (Å²) in [7, 11) is 0. The molecule has 2 fully saturated rings. The third-order valence-corrected chi connectivity index (χ3v) is 7.15. The number of hydrogen-bond acceptors (Lipinski definition) is 5. The molecular formula is C27H30ClN5O. The zero-order chi connectivity index (χ0) is 23.3. The Bertz CT molecular complexity index is 1090. The summed E-state index contributed by atoms with van der Waals surface area (Å²) in [5, 5.41) is 9.42. The topological polar surface area (TPSA) is 52.6 Å². The van der Waals surface area contributed by atoms with Gasteiger partial charge in [0.15, 0.2) is 11.5 Å². The standard InChI is InChI=1S/C27H30ClN5O/c28-23-7-4-8-24(20-23)31-15-17-33(18-16-31)27(34)25-9-10-26(30-29-25)32-13-11-22(12-14-32)19-21-5-2-1-3-6-21/h1-10,20,22H,11-19H2. The van der Waals surface area contributed by atoms with Crippen molar-refractivity contribution in [2.24, 2.45) is 5.92 Å². The molecule has 0 aliphatic carbocycles. The van der Waals surface area contributed by atoms with Crippen molar-refractivity contribution in [1.82, 2.24) is 15.1 Å². The summed E-state index contributed by atoms with van der Waals surface area (Å²) in [5.41, 5.74) is 2.92. The number of nitrogens with zero attached hydrogens (tertiary/aromatic N) is 5. The number of carbonyl (C=O) groups excluding carboxylic acids is 1. The van der Waals surface area contributed by atoms with Crippen LogP contribution in [0.1, 0.15) is 28.9 Å². The van der Waals surface area contributed by atoms with Crippen molar-refractivity contribution in [2.45, 2.75) is 19.3 Å². The fourth-order valence-electron chi connectivity index (χ4n) is 4.92. The van der Waals surface area contributed by atoms with Crippen LogP contribution in [0.2, 0.25) is 5.02 Å². The molecule has 1 aromatic heterocycles. The molecule has 2 aliphatic rings. The van der Waals surface area contributed by atoms with E-state index < -0.39 is 0 Å². The molecule has 2 saturated heterocycles. The van der Waals surface area contributed by atoms with E-state index in [1.54, 1.807) is 0 Å². The molecule has 1 amide bonds. The van der Waals surface area contributed by atoms with E-state index in [0.29, 0.717) is 24.7 Å². The van der Waals surface area contributed by atoms with Gasteiger partial charge < -0.3 is 14.7 Å². The molecule has 3 heterocycles. The van der Waals surface area contributed by atoms with Crippen molar-refractivity contribution in [1.29, 1.82) is 0 Å². The minimum atomic E-state index is -0.0497. The second kappa shape index (κ2) is 10.4. The summed E-state index contributed by atoms with van der Waals surface area (Å²) in [4.78, 5) is 19.4. The molecule has 0 atom stereocenters.